The second kappa shape index (κ2) is 12.7. The summed E-state index contributed by atoms with van der Waals surface area (Å²) in [5.74, 6) is 0.482. The number of hydrazone groups is 1. The van der Waals surface area contributed by atoms with Crippen molar-refractivity contribution < 1.29 is 22.6 Å². The Bertz CT molecular complexity index is 1620. The lowest BCUT2D eigenvalue weighted by Crippen LogP contribution is -2.19. The number of amidine groups is 1. The predicted octanol–water partition coefficient (Wildman–Crippen LogP) is 8.06. The van der Waals surface area contributed by atoms with Gasteiger partial charge >= 0.3 is 18.2 Å². The minimum atomic E-state index is -4.67. The van der Waals surface area contributed by atoms with Gasteiger partial charge in [0.15, 0.2) is 0 Å². The first-order valence-corrected chi connectivity index (χ1v) is 12.5. The zero-order valence-electron chi connectivity index (χ0n) is 22.1. The summed E-state index contributed by atoms with van der Waals surface area (Å²) in [5, 5.41) is 13.7. The highest BCUT2D eigenvalue weighted by Crippen LogP contribution is 2.33. The van der Waals surface area contributed by atoms with Crippen molar-refractivity contribution in [2.75, 3.05) is 12.1 Å². The number of ether oxygens (including phenoxy) is 2. The van der Waals surface area contributed by atoms with Gasteiger partial charge in [0.1, 0.15) is 11.5 Å². The van der Waals surface area contributed by atoms with Crippen LogP contribution in [0.15, 0.2) is 131 Å². The fourth-order valence-corrected chi connectivity index (χ4v) is 3.59. The number of azo groups is 1. The number of alkyl halides is 3. The Labute approximate surface area is 238 Å². The number of anilines is 1. The summed E-state index contributed by atoms with van der Waals surface area (Å²) in [4.78, 5) is 12.8. The van der Waals surface area contributed by atoms with E-state index in [4.69, 9.17) is 9.47 Å². The van der Waals surface area contributed by atoms with Gasteiger partial charge in [0.2, 0.25) is 5.84 Å². The third-order valence-electron chi connectivity index (χ3n) is 5.51. The minimum absolute atomic E-state index is 0.0845. The molecule has 9 nitrogen and oxygen atoms in total. The molecule has 0 aliphatic carbocycles. The molecule has 0 atom stereocenters. The molecule has 0 aliphatic rings. The van der Waals surface area contributed by atoms with Gasteiger partial charge in [-0.1, -0.05) is 72.8 Å². The third-order valence-corrected chi connectivity index (χ3v) is 5.51. The molecule has 0 saturated carbocycles. The molecule has 0 amide bonds. The molecule has 1 aromatic heterocycles. The van der Waals surface area contributed by atoms with Crippen LogP contribution in [0.4, 0.5) is 24.8 Å². The second-order valence-corrected chi connectivity index (χ2v) is 8.56. The molecule has 0 bridgehead atoms. The quantitative estimate of drug-likeness (QED) is 0.0812. The van der Waals surface area contributed by atoms with Gasteiger partial charge in [-0.15, -0.1) is 20.3 Å². The lowest BCUT2D eigenvalue weighted by molar-refractivity contribution is -0.137. The maximum atomic E-state index is 13.9. The Hall–Kier alpha value is -5.65. The molecule has 210 valence electrons. The molecule has 0 aliphatic heterocycles. The fourth-order valence-electron chi connectivity index (χ4n) is 3.59. The van der Waals surface area contributed by atoms with Crippen molar-refractivity contribution in [3.8, 4) is 23.5 Å². The van der Waals surface area contributed by atoms with Gasteiger partial charge in [0.05, 0.1) is 11.3 Å². The van der Waals surface area contributed by atoms with Crippen LogP contribution in [0.1, 0.15) is 11.1 Å². The number of hydrogen-bond acceptors (Lipinski definition) is 8. The fraction of sp³-hybridized carbons (Fsp3) is 0.0667. The van der Waals surface area contributed by atoms with Crippen LogP contribution in [0.2, 0.25) is 0 Å². The summed E-state index contributed by atoms with van der Waals surface area (Å²) in [6.45, 7) is 0. The second-order valence-electron chi connectivity index (χ2n) is 8.56. The normalized spacial score (nSPS) is 11.9. The predicted molar refractivity (Wildman–Crippen MR) is 150 cm³/mol. The number of hydrogen-bond donors (Lipinski definition) is 0. The lowest BCUT2D eigenvalue weighted by Gasteiger charge is -2.16. The first-order chi connectivity index (χ1) is 20.3. The van der Waals surface area contributed by atoms with Crippen molar-refractivity contribution in [3.63, 3.8) is 0 Å². The highest BCUT2D eigenvalue weighted by Gasteiger charge is 2.34. The SMILES string of the molecule is CN(/N=C(/N=Nc1ccccc1)c1ccccc1C(F)(F)F)c1nc(Oc2ccccc2)nc(Oc2ccccc2)n1. The summed E-state index contributed by atoms with van der Waals surface area (Å²) in [5.41, 5.74) is -0.789. The molecule has 42 heavy (non-hydrogen) atoms. The maximum Gasteiger partial charge on any atom is 0.417 e. The number of para-hydroxylation sites is 2. The molecular formula is C30H22F3N7O2. The molecule has 0 fully saturated rings. The summed E-state index contributed by atoms with van der Waals surface area (Å²) >= 11 is 0. The van der Waals surface area contributed by atoms with E-state index in [1.807, 2.05) is 12.1 Å². The number of benzene rings is 4. The smallest absolute Gasteiger partial charge is 0.417 e. The van der Waals surface area contributed by atoms with Crippen LogP contribution >= 0.6 is 0 Å². The summed E-state index contributed by atoms with van der Waals surface area (Å²) in [6.07, 6.45) is -4.67. The van der Waals surface area contributed by atoms with Gasteiger partial charge in [-0.05, 0) is 42.5 Å². The summed E-state index contributed by atoms with van der Waals surface area (Å²) < 4.78 is 53.4. The van der Waals surface area contributed by atoms with E-state index in [2.05, 4.69) is 30.3 Å². The van der Waals surface area contributed by atoms with Gasteiger partial charge < -0.3 is 9.47 Å². The van der Waals surface area contributed by atoms with Crippen molar-refractivity contribution >= 4 is 17.5 Å². The summed E-state index contributed by atoms with van der Waals surface area (Å²) in [7, 11) is 1.45. The number of halogens is 3. The Balaban J connectivity index is 1.58. The zero-order chi connectivity index (χ0) is 29.4. The molecule has 0 N–H and O–H groups in total. The first-order valence-electron chi connectivity index (χ1n) is 12.5. The van der Waals surface area contributed by atoms with Crippen LogP contribution in [0, 0.1) is 0 Å². The van der Waals surface area contributed by atoms with E-state index in [9.17, 15) is 13.2 Å². The van der Waals surface area contributed by atoms with Gasteiger partial charge in [-0.2, -0.15) is 23.1 Å². The number of aromatic nitrogens is 3. The molecule has 0 saturated heterocycles. The largest absolute Gasteiger partial charge is 0.424 e. The van der Waals surface area contributed by atoms with Crippen LogP contribution in [0.3, 0.4) is 0 Å². The van der Waals surface area contributed by atoms with Crippen LogP contribution in [-0.2, 0) is 6.18 Å². The van der Waals surface area contributed by atoms with Crippen molar-refractivity contribution in [2.45, 2.75) is 6.18 Å². The Kier molecular flexibility index (Phi) is 8.42. The maximum absolute atomic E-state index is 13.9. The van der Waals surface area contributed by atoms with E-state index in [0.717, 1.165) is 11.1 Å². The van der Waals surface area contributed by atoms with Crippen LogP contribution < -0.4 is 14.5 Å². The van der Waals surface area contributed by atoms with Gasteiger partial charge in [-0.25, -0.2) is 5.01 Å². The van der Waals surface area contributed by atoms with Gasteiger partial charge in [0, 0.05) is 12.6 Å². The molecule has 12 heteroatoms. The molecule has 1 heterocycles. The minimum Gasteiger partial charge on any atom is -0.424 e. The average molecular weight is 570 g/mol. The molecule has 5 rings (SSSR count). The third kappa shape index (κ3) is 7.30. The number of nitrogens with zero attached hydrogens (tertiary/aromatic N) is 7. The molecule has 4 aromatic carbocycles. The van der Waals surface area contributed by atoms with E-state index in [0.29, 0.717) is 17.2 Å². The number of rotatable bonds is 8. The van der Waals surface area contributed by atoms with Crippen molar-refractivity contribution in [2.24, 2.45) is 15.3 Å². The topological polar surface area (TPSA) is 97.5 Å². The van der Waals surface area contributed by atoms with Crippen molar-refractivity contribution in [1.29, 1.82) is 0 Å². The van der Waals surface area contributed by atoms with Crippen molar-refractivity contribution in [1.82, 2.24) is 15.0 Å². The molecular weight excluding hydrogens is 547 g/mol. The molecule has 5 aromatic rings. The van der Waals surface area contributed by atoms with Crippen LogP contribution in [0.5, 0.6) is 23.5 Å². The van der Waals surface area contributed by atoms with E-state index < -0.39 is 11.7 Å². The van der Waals surface area contributed by atoms with Gasteiger partial charge in [0.25, 0.3) is 5.95 Å². The zero-order valence-corrected chi connectivity index (χ0v) is 22.1. The van der Waals surface area contributed by atoms with E-state index in [1.165, 1.54) is 25.2 Å². The van der Waals surface area contributed by atoms with Crippen LogP contribution in [-0.4, -0.2) is 27.8 Å². The highest BCUT2D eigenvalue weighted by atomic mass is 19.4. The van der Waals surface area contributed by atoms with E-state index in [-0.39, 0.29) is 29.4 Å². The first kappa shape index (κ1) is 27.9. The van der Waals surface area contributed by atoms with E-state index >= 15 is 0 Å². The molecule has 0 radical (unpaired) electrons. The highest BCUT2D eigenvalue weighted by molar-refractivity contribution is 6.01. The monoisotopic (exact) mass is 569 g/mol. The standard InChI is InChI=1S/C30H22F3N7O2/c1-40(39-26(38-37-21-13-5-2-6-14-21)24-19-11-12-20-25(24)30(31,32)33)27-34-28(41-22-15-7-3-8-16-22)36-29(35-27)42-23-17-9-4-10-18-23/h2-20H,1H3/b38-37?,39-26+. The molecule has 0 spiro atoms. The summed E-state index contributed by atoms with van der Waals surface area (Å²) in [6, 6.07) is 30.8. The Morgan fingerprint density at radius 1 is 0.667 bits per heavy atom. The Morgan fingerprint density at radius 3 is 1.71 bits per heavy atom. The van der Waals surface area contributed by atoms with Crippen molar-refractivity contribution in [3.05, 3.63) is 126 Å². The average Bonchev–Trinajstić information content (AvgIpc) is 3.00. The van der Waals surface area contributed by atoms with Crippen LogP contribution in [0.25, 0.3) is 0 Å². The Morgan fingerprint density at radius 2 is 1.17 bits per heavy atom. The lowest BCUT2D eigenvalue weighted by atomic mass is 10.1. The molecule has 0 unspecified atom stereocenters. The van der Waals surface area contributed by atoms with E-state index in [1.54, 1.807) is 78.9 Å². The van der Waals surface area contributed by atoms with Gasteiger partial charge in [-0.3, -0.25) is 0 Å².